The summed E-state index contributed by atoms with van der Waals surface area (Å²) in [5.74, 6) is 0.745. The number of aliphatic imine (C=N–C) groups is 1. The smallest absolute Gasteiger partial charge is 0.190 e. The van der Waals surface area contributed by atoms with Gasteiger partial charge in [-0.05, 0) is 26.0 Å². The van der Waals surface area contributed by atoms with E-state index in [1.54, 1.807) is 6.33 Å². The Morgan fingerprint density at radius 2 is 1.78 bits per heavy atom. The molecule has 0 bridgehead atoms. The number of benzene rings is 2. The molecule has 0 spiro atoms. The van der Waals surface area contributed by atoms with Crippen LogP contribution in [0.25, 0.3) is 11.0 Å². The highest BCUT2D eigenvalue weighted by molar-refractivity contribution is 6.35. The minimum atomic E-state index is -0.807. The second kappa shape index (κ2) is 4.77. The second-order valence-electron chi connectivity index (χ2n) is 6.09. The number of rotatable bonds is 0. The Labute approximate surface area is 138 Å². The summed E-state index contributed by atoms with van der Waals surface area (Å²) in [6, 6.07) is 13.2. The van der Waals surface area contributed by atoms with Gasteiger partial charge < -0.3 is 0 Å². The predicted octanol–water partition coefficient (Wildman–Crippen LogP) is 3.96. The molecule has 0 unspecified atom stereocenters. The number of hydrogen-bond acceptors (Lipinski definition) is 3. The maximum atomic E-state index is 12.6. The standard InChI is InChI=1S/C18H14ClN3O/c1-18(2)16(23)11-6-3-4-7-12(11)17(21-18)22-10-20-15-13(19)8-5-9-14(15)22/h3-10H,1-2H3. The van der Waals surface area contributed by atoms with Crippen molar-refractivity contribution in [3.05, 3.63) is 64.9 Å². The van der Waals surface area contributed by atoms with Crippen molar-refractivity contribution in [2.75, 3.05) is 0 Å². The lowest BCUT2D eigenvalue weighted by molar-refractivity contribution is 0.0912. The monoisotopic (exact) mass is 323 g/mol. The Balaban J connectivity index is 2.04. The van der Waals surface area contributed by atoms with E-state index in [2.05, 4.69) is 4.98 Å². The molecule has 0 radical (unpaired) electrons. The maximum Gasteiger partial charge on any atom is 0.190 e. The third kappa shape index (κ3) is 2.02. The summed E-state index contributed by atoms with van der Waals surface area (Å²) in [5.41, 5.74) is 2.29. The molecule has 0 fully saturated rings. The summed E-state index contributed by atoms with van der Waals surface area (Å²) < 4.78 is 1.90. The van der Waals surface area contributed by atoms with Gasteiger partial charge in [0.05, 0.1) is 10.5 Å². The summed E-state index contributed by atoms with van der Waals surface area (Å²) in [6.07, 6.45) is 1.71. The van der Waals surface area contributed by atoms with Crippen LogP contribution >= 0.6 is 11.6 Å². The van der Waals surface area contributed by atoms with E-state index in [1.807, 2.05) is 60.9 Å². The Kier molecular flexibility index (Phi) is 2.93. The highest BCUT2D eigenvalue weighted by atomic mass is 35.5. The molecule has 114 valence electrons. The molecule has 2 heterocycles. The number of carbonyl (C=O) groups is 1. The van der Waals surface area contributed by atoms with Gasteiger partial charge >= 0.3 is 0 Å². The average Bonchev–Trinajstić information content (AvgIpc) is 2.96. The molecule has 0 atom stereocenters. The number of aromatic nitrogens is 2. The van der Waals surface area contributed by atoms with Crippen LogP contribution in [0.4, 0.5) is 0 Å². The van der Waals surface area contributed by atoms with Gasteiger partial charge in [-0.15, -0.1) is 0 Å². The molecule has 1 aromatic heterocycles. The largest absolute Gasteiger partial charge is 0.291 e. The lowest BCUT2D eigenvalue weighted by Gasteiger charge is -2.27. The zero-order valence-electron chi connectivity index (χ0n) is 12.7. The van der Waals surface area contributed by atoms with E-state index < -0.39 is 5.54 Å². The van der Waals surface area contributed by atoms with E-state index >= 15 is 0 Å². The van der Waals surface area contributed by atoms with Crippen LogP contribution in [0.3, 0.4) is 0 Å². The molecule has 0 N–H and O–H groups in total. The zero-order chi connectivity index (χ0) is 16.2. The lowest BCUT2D eigenvalue weighted by atomic mass is 9.87. The predicted molar refractivity (Wildman–Crippen MR) is 91.5 cm³/mol. The fraction of sp³-hybridized carbons (Fsp3) is 0.167. The van der Waals surface area contributed by atoms with Gasteiger partial charge in [0, 0.05) is 11.1 Å². The number of para-hydroxylation sites is 1. The quantitative estimate of drug-likeness (QED) is 0.628. The van der Waals surface area contributed by atoms with Crippen molar-refractivity contribution in [3.8, 4) is 0 Å². The lowest BCUT2D eigenvalue weighted by Crippen LogP contribution is -2.38. The number of fused-ring (bicyclic) bond motifs is 2. The van der Waals surface area contributed by atoms with Crippen molar-refractivity contribution >= 4 is 34.3 Å². The number of hydrogen-bond donors (Lipinski definition) is 0. The number of ketones is 1. The van der Waals surface area contributed by atoms with Crippen molar-refractivity contribution in [2.24, 2.45) is 4.99 Å². The number of Topliss-reactive ketones (excluding diaryl/α,β-unsaturated/α-hetero) is 1. The van der Waals surface area contributed by atoms with Crippen LogP contribution in [0.1, 0.15) is 29.8 Å². The first kappa shape index (κ1) is 14.2. The topological polar surface area (TPSA) is 47.2 Å². The van der Waals surface area contributed by atoms with Crippen LogP contribution in [-0.2, 0) is 0 Å². The highest BCUT2D eigenvalue weighted by Gasteiger charge is 2.36. The van der Waals surface area contributed by atoms with Gasteiger partial charge in [-0.3, -0.25) is 14.4 Å². The Morgan fingerprint density at radius 1 is 1.04 bits per heavy atom. The van der Waals surface area contributed by atoms with Crippen molar-refractivity contribution in [1.82, 2.24) is 9.55 Å². The fourth-order valence-electron chi connectivity index (χ4n) is 2.94. The minimum absolute atomic E-state index is 0.0271. The summed E-state index contributed by atoms with van der Waals surface area (Å²) in [5, 5.41) is 0.598. The van der Waals surface area contributed by atoms with E-state index in [0.29, 0.717) is 10.6 Å². The van der Waals surface area contributed by atoms with Gasteiger partial charge in [0.25, 0.3) is 0 Å². The molecule has 0 saturated carbocycles. The van der Waals surface area contributed by atoms with E-state index in [4.69, 9.17) is 16.6 Å². The van der Waals surface area contributed by atoms with E-state index in [0.717, 1.165) is 22.4 Å². The summed E-state index contributed by atoms with van der Waals surface area (Å²) in [7, 11) is 0. The Bertz CT molecular complexity index is 985. The van der Waals surface area contributed by atoms with Gasteiger partial charge in [-0.25, -0.2) is 4.98 Å². The van der Waals surface area contributed by atoms with E-state index in [9.17, 15) is 4.79 Å². The molecule has 2 aromatic carbocycles. The molecule has 0 saturated heterocycles. The maximum absolute atomic E-state index is 12.6. The SMILES string of the molecule is CC1(C)N=C(n2cnc3c(Cl)cccc32)c2ccccc2C1=O. The van der Waals surface area contributed by atoms with Crippen LogP contribution in [0.2, 0.25) is 5.02 Å². The van der Waals surface area contributed by atoms with Crippen LogP contribution in [0.5, 0.6) is 0 Å². The number of nitrogens with zero attached hydrogens (tertiary/aromatic N) is 3. The number of carbonyl (C=O) groups excluding carboxylic acids is 1. The molecule has 4 rings (SSSR count). The molecular weight excluding hydrogens is 310 g/mol. The second-order valence-corrected chi connectivity index (χ2v) is 6.50. The Hall–Kier alpha value is -2.46. The summed E-state index contributed by atoms with van der Waals surface area (Å²) >= 11 is 6.22. The molecule has 0 amide bonds. The number of halogens is 1. The van der Waals surface area contributed by atoms with Crippen LogP contribution in [-0.4, -0.2) is 26.7 Å². The van der Waals surface area contributed by atoms with Crippen molar-refractivity contribution < 1.29 is 4.79 Å². The molecule has 4 nitrogen and oxygen atoms in total. The third-order valence-electron chi connectivity index (χ3n) is 4.11. The zero-order valence-corrected chi connectivity index (χ0v) is 13.5. The molecule has 1 aliphatic rings. The Morgan fingerprint density at radius 3 is 2.57 bits per heavy atom. The fourth-order valence-corrected chi connectivity index (χ4v) is 3.16. The minimum Gasteiger partial charge on any atom is -0.291 e. The van der Waals surface area contributed by atoms with Crippen LogP contribution in [0, 0.1) is 0 Å². The molecular formula is C18H14ClN3O. The van der Waals surface area contributed by atoms with Gasteiger partial charge in [0.15, 0.2) is 5.78 Å². The molecule has 3 aromatic rings. The van der Waals surface area contributed by atoms with Gasteiger partial charge in [-0.1, -0.05) is 41.9 Å². The first-order valence-electron chi connectivity index (χ1n) is 7.35. The molecule has 0 aliphatic carbocycles. The molecule has 23 heavy (non-hydrogen) atoms. The number of imidazole rings is 1. The normalized spacial score (nSPS) is 16.3. The van der Waals surface area contributed by atoms with Crippen molar-refractivity contribution in [3.63, 3.8) is 0 Å². The van der Waals surface area contributed by atoms with Crippen LogP contribution < -0.4 is 0 Å². The average molecular weight is 324 g/mol. The van der Waals surface area contributed by atoms with Crippen molar-refractivity contribution in [1.29, 1.82) is 0 Å². The summed E-state index contributed by atoms with van der Waals surface area (Å²) in [6.45, 7) is 3.66. The highest BCUT2D eigenvalue weighted by Crippen LogP contribution is 2.29. The van der Waals surface area contributed by atoms with Gasteiger partial charge in [-0.2, -0.15) is 0 Å². The summed E-state index contributed by atoms with van der Waals surface area (Å²) in [4.78, 5) is 21.7. The molecule has 1 aliphatic heterocycles. The molecule has 5 heteroatoms. The van der Waals surface area contributed by atoms with E-state index in [1.165, 1.54) is 0 Å². The van der Waals surface area contributed by atoms with Gasteiger partial charge in [0.1, 0.15) is 23.2 Å². The first-order valence-corrected chi connectivity index (χ1v) is 7.73. The third-order valence-corrected chi connectivity index (χ3v) is 4.41. The van der Waals surface area contributed by atoms with Gasteiger partial charge in [0.2, 0.25) is 0 Å². The first-order chi connectivity index (χ1) is 11.0. The van der Waals surface area contributed by atoms with Crippen molar-refractivity contribution in [2.45, 2.75) is 19.4 Å². The van der Waals surface area contributed by atoms with E-state index in [-0.39, 0.29) is 5.78 Å². The van der Waals surface area contributed by atoms with Crippen LogP contribution in [0.15, 0.2) is 53.8 Å².